The summed E-state index contributed by atoms with van der Waals surface area (Å²) in [5.41, 5.74) is 1.95. The fraction of sp³-hybridized carbons (Fsp3) is 0.143. The van der Waals surface area contributed by atoms with Gasteiger partial charge in [-0.15, -0.1) is 0 Å². The van der Waals surface area contributed by atoms with E-state index in [2.05, 4.69) is 31.3 Å². The van der Waals surface area contributed by atoms with Gasteiger partial charge in [-0.3, -0.25) is 0 Å². The van der Waals surface area contributed by atoms with Gasteiger partial charge < -0.3 is 0 Å². The lowest BCUT2D eigenvalue weighted by Gasteiger charge is -2.18. The number of hydrogen-bond donors (Lipinski definition) is 0. The minimum Gasteiger partial charge on any atom is -0.206 e. The normalized spacial score (nSPS) is 15.7. The highest BCUT2D eigenvalue weighted by molar-refractivity contribution is 7.03. The van der Waals surface area contributed by atoms with E-state index in [9.17, 15) is 4.39 Å². The van der Waals surface area contributed by atoms with Crippen molar-refractivity contribution in [3.63, 3.8) is 0 Å². The fourth-order valence-corrected chi connectivity index (χ4v) is 5.79. The summed E-state index contributed by atoms with van der Waals surface area (Å²) in [6.07, 6.45) is 0. The Morgan fingerprint density at radius 2 is 1.56 bits per heavy atom. The molecule has 0 N–H and O–H groups in total. The molecule has 2 heteroatoms. The molecule has 0 unspecified atom stereocenters. The summed E-state index contributed by atoms with van der Waals surface area (Å²) in [5, 5.41) is 2.59. The van der Waals surface area contributed by atoms with Gasteiger partial charge in [0.05, 0.1) is 0 Å². The molecular weight excluding hydrogens is 215 g/mol. The molecule has 0 amide bonds. The van der Waals surface area contributed by atoms with Crippen LogP contribution in [0.3, 0.4) is 0 Å². The van der Waals surface area contributed by atoms with Crippen molar-refractivity contribution >= 4 is 18.4 Å². The largest absolute Gasteiger partial charge is 0.206 e. The summed E-state index contributed by atoms with van der Waals surface area (Å²) < 4.78 is 13.9. The van der Waals surface area contributed by atoms with Crippen LogP contribution in [0.4, 0.5) is 4.39 Å². The highest BCUT2D eigenvalue weighted by Gasteiger charge is 2.38. The topological polar surface area (TPSA) is 0 Å². The SMILES string of the molecule is C[Si]1(C)c2ccccc2-c2c(F)cccc21. The molecule has 0 spiro atoms. The Balaban J connectivity index is 2.45. The van der Waals surface area contributed by atoms with Gasteiger partial charge in [0.2, 0.25) is 0 Å². The predicted octanol–water partition coefficient (Wildman–Crippen LogP) is 2.63. The van der Waals surface area contributed by atoms with Crippen molar-refractivity contribution in [2.75, 3.05) is 0 Å². The zero-order chi connectivity index (χ0) is 11.3. The van der Waals surface area contributed by atoms with Crippen molar-refractivity contribution in [2.45, 2.75) is 13.1 Å². The first-order valence-electron chi connectivity index (χ1n) is 5.51. The van der Waals surface area contributed by atoms with Gasteiger partial charge in [0, 0.05) is 5.56 Å². The highest BCUT2D eigenvalue weighted by Crippen LogP contribution is 2.29. The van der Waals surface area contributed by atoms with Gasteiger partial charge in [-0.25, -0.2) is 4.39 Å². The summed E-state index contributed by atoms with van der Waals surface area (Å²) in [7, 11) is -1.65. The zero-order valence-electron chi connectivity index (χ0n) is 9.42. The third kappa shape index (κ3) is 1.08. The lowest BCUT2D eigenvalue weighted by molar-refractivity contribution is 0.632. The molecule has 0 nitrogen and oxygen atoms in total. The van der Waals surface area contributed by atoms with Crippen LogP contribution in [0.1, 0.15) is 0 Å². The summed E-state index contributed by atoms with van der Waals surface area (Å²) in [6.45, 7) is 4.58. The van der Waals surface area contributed by atoms with Gasteiger partial charge in [0.15, 0.2) is 0 Å². The standard InChI is InChI=1S/C14H13FSi/c1-16(2)12-8-4-3-6-10(12)14-11(15)7-5-9-13(14)16/h3-9H,1-2H3. The smallest absolute Gasteiger partial charge is 0.130 e. The lowest BCUT2D eigenvalue weighted by atomic mass is 10.1. The maximum Gasteiger partial charge on any atom is 0.130 e. The molecule has 16 heavy (non-hydrogen) atoms. The first-order chi connectivity index (χ1) is 7.62. The zero-order valence-corrected chi connectivity index (χ0v) is 10.4. The molecule has 0 aromatic heterocycles. The van der Waals surface area contributed by atoms with Crippen molar-refractivity contribution in [1.82, 2.24) is 0 Å². The monoisotopic (exact) mass is 228 g/mol. The molecule has 2 aromatic carbocycles. The summed E-state index contributed by atoms with van der Waals surface area (Å²) in [5.74, 6) is -0.0805. The molecule has 2 aromatic rings. The Kier molecular flexibility index (Phi) is 1.86. The molecule has 0 atom stereocenters. The minimum absolute atomic E-state index is 0.0805. The molecule has 0 saturated carbocycles. The van der Waals surface area contributed by atoms with Crippen LogP contribution < -0.4 is 10.4 Å². The Morgan fingerprint density at radius 1 is 0.875 bits per heavy atom. The maximum absolute atomic E-state index is 13.9. The molecule has 0 saturated heterocycles. The van der Waals surface area contributed by atoms with E-state index in [-0.39, 0.29) is 5.82 Å². The first-order valence-corrected chi connectivity index (χ1v) is 8.51. The molecule has 0 radical (unpaired) electrons. The van der Waals surface area contributed by atoms with Crippen molar-refractivity contribution in [3.05, 3.63) is 48.3 Å². The second-order valence-electron chi connectivity index (χ2n) is 4.83. The number of fused-ring (bicyclic) bond motifs is 3. The van der Waals surface area contributed by atoms with Crippen LogP contribution in [-0.2, 0) is 0 Å². The van der Waals surface area contributed by atoms with Crippen LogP contribution in [0.15, 0.2) is 42.5 Å². The molecule has 0 bridgehead atoms. The molecule has 0 fully saturated rings. The van der Waals surface area contributed by atoms with Crippen molar-refractivity contribution in [1.29, 1.82) is 0 Å². The van der Waals surface area contributed by atoms with E-state index in [4.69, 9.17) is 0 Å². The maximum atomic E-state index is 13.9. The number of hydrogen-bond acceptors (Lipinski definition) is 0. The summed E-state index contributed by atoms with van der Waals surface area (Å²) in [4.78, 5) is 0. The van der Waals surface area contributed by atoms with E-state index in [0.717, 1.165) is 11.1 Å². The summed E-state index contributed by atoms with van der Waals surface area (Å²) >= 11 is 0. The Labute approximate surface area is 95.8 Å². The van der Waals surface area contributed by atoms with Gasteiger partial charge in [0.1, 0.15) is 13.9 Å². The van der Waals surface area contributed by atoms with Gasteiger partial charge in [-0.2, -0.15) is 0 Å². The second kappa shape index (κ2) is 3.05. The average molecular weight is 228 g/mol. The highest BCUT2D eigenvalue weighted by atomic mass is 28.3. The molecular formula is C14H13FSi. The van der Waals surface area contributed by atoms with E-state index in [1.807, 2.05) is 18.2 Å². The van der Waals surface area contributed by atoms with Crippen LogP contribution >= 0.6 is 0 Å². The Hall–Kier alpha value is -1.41. The van der Waals surface area contributed by atoms with E-state index in [0.29, 0.717) is 0 Å². The third-order valence-corrected chi connectivity index (χ3v) is 7.10. The average Bonchev–Trinajstić information content (AvgIpc) is 2.51. The minimum atomic E-state index is -1.65. The van der Waals surface area contributed by atoms with Gasteiger partial charge in [-0.1, -0.05) is 49.5 Å². The van der Waals surface area contributed by atoms with Crippen LogP contribution in [0.2, 0.25) is 13.1 Å². The van der Waals surface area contributed by atoms with Gasteiger partial charge in [0.25, 0.3) is 0 Å². The fourth-order valence-electron chi connectivity index (χ4n) is 2.71. The van der Waals surface area contributed by atoms with E-state index in [1.165, 1.54) is 10.4 Å². The second-order valence-corrected chi connectivity index (χ2v) is 9.16. The number of halogens is 1. The van der Waals surface area contributed by atoms with Crippen molar-refractivity contribution < 1.29 is 4.39 Å². The van der Waals surface area contributed by atoms with Gasteiger partial charge >= 0.3 is 0 Å². The van der Waals surface area contributed by atoms with Crippen molar-refractivity contribution in [3.8, 4) is 11.1 Å². The number of rotatable bonds is 0. The molecule has 0 aliphatic carbocycles. The molecule has 3 rings (SSSR count). The van der Waals surface area contributed by atoms with E-state index in [1.54, 1.807) is 6.07 Å². The van der Waals surface area contributed by atoms with Crippen LogP contribution in [0, 0.1) is 5.82 Å². The predicted molar refractivity (Wildman–Crippen MR) is 68.6 cm³/mol. The quantitative estimate of drug-likeness (QED) is 0.608. The van der Waals surface area contributed by atoms with Gasteiger partial charge in [-0.05, 0) is 22.0 Å². The van der Waals surface area contributed by atoms with E-state index >= 15 is 0 Å². The first kappa shape index (κ1) is 9.79. The molecule has 1 aliphatic rings. The number of benzene rings is 2. The molecule has 1 heterocycles. The molecule has 80 valence electrons. The Morgan fingerprint density at radius 3 is 2.38 bits per heavy atom. The van der Waals surface area contributed by atoms with Crippen LogP contribution in [0.5, 0.6) is 0 Å². The third-order valence-electron chi connectivity index (χ3n) is 3.56. The van der Waals surface area contributed by atoms with Crippen LogP contribution in [0.25, 0.3) is 11.1 Å². The lowest BCUT2D eigenvalue weighted by Crippen LogP contribution is -2.49. The Bertz CT molecular complexity index is 573. The van der Waals surface area contributed by atoms with E-state index < -0.39 is 8.07 Å². The van der Waals surface area contributed by atoms with Crippen molar-refractivity contribution in [2.24, 2.45) is 0 Å². The summed E-state index contributed by atoms with van der Waals surface area (Å²) in [6, 6.07) is 13.7. The molecule has 1 aliphatic heterocycles. The van der Waals surface area contributed by atoms with Crippen LogP contribution in [-0.4, -0.2) is 8.07 Å².